The van der Waals surface area contributed by atoms with Crippen LogP contribution in [-0.2, 0) is 26.2 Å². The van der Waals surface area contributed by atoms with Crippen molar-refractivity contribution in [2.45, 2.75) is 37.8 Å². The lowest BCUT2D eigenvalue weighted by Crippen LogP contribution is -2.51. The molecule has 1 heterocycles. The molecule has 4 rings (SSSR count). The summed E-state index contributed by atoms with van der Waals surface area (Å²) in [4.78, 5) is 28.3. The van der Waals surface area contributed by atoms with Gasteiger partial charge in [0.15, 0.2) is 11.5 Å². The number of carbonyl (C=O) groups is 2. The Morgan fingerprint density at radius 1 is 0.975 bits per heavy atom. The van der Waals surface area contributed by atoms with E-state index in [-0.39, 0.29) is 23.0 Å². The van der Waals surface area contributed by atoms with Gasteiger partial charge in [0.1, 0.15) is 25.8 Å². The van der Waals surface area contributed by atoms with Gasteiger partial charge in [0.2, 0.25) is 11.8 Å². The molecular weight excluding hydrogens is 554 g/mol. The molecule has 1 aliphatic heterocycles. The Balaban J connectivity index is 1.73. The molecule has 11 heteroatoms. The number of rotatable bonds is 11. The van der Waals surface area contributed by atoms with Crippen LogP contribution in [0.3, 0.4) is 0 Å². The third-order valence-electron chi connectivity index (χ3n) is 6.44. The number of hydrogen-bond acceptors (Lipinski definition) is 6. The number of fused-ring (bicyclic) bond motifs is 1. The Morgan fingerprint density at radius 3 is 2.35 bits per heavy atom. The fraction of sp³-hybridized carbons (Fsp3) is 0.310. The van der Waals surface area contributed by atoms with E-state index < -0.39 is 28.5 Å². The van der Waals surface area contributed by atoms with Crippen LogP contribution >= 0.6 is 11.6 Å². The molecule has 0 aromatic heterocycles. The summed E-state index contributed by atoms with van der Waals surface area (Å²) in [7, 11) is -4.19. The first-order valence-corrected chi connectivity index (χ1v) is 14.8. The summed E-state index contributed by atoms with van der Waals surface area (Å²) in [5.74, 6) is -0.0582. The average molecular weight is 586 g/mol. The number of nitrogens with one attached hydrogen (secondary N) is 1. The van der Waals surface area contributed by atoms with Crippen LogP contribution in [0.5, 0.6) is 11.5 Å². The van der Waals surface area contributed by atoms with E-state index in [0.717, 1.165) is 10.7 Å². The smallest absolute Gasteiger partial charge is 0.264 e. The summed E-state index contributed by atoms with van der Waals surface area (Å²) >= 11 is 6.39. The van der Waals surface area contributed by atoms with Crippen molar-refractivity contribution in [2.75, 3.05) is 30.6 Å². The van der Waals surface area contributed by atoms with Crippen LogP contribution in [0.4, 0.5) is 5.69 Å². The zero-order chi connectivity index (χ0) is 28.7. The van der Waals surface area contributed by atoms with Crippen LogP contribution in [0, 0.1) is 0 Å². The van der Waals surface area contributed by atoms with Crippen molar-refractivity contribution in [3.05, 3.63) is 83.4 Å². The number of sulfonamides is 1. The second-order valence-electron chi connectivity index (χ2n) is 9.23. The van der Waals surface area contributed by atoms with Crippen LogP contribution in [0.1, 0.15) is 25.8 Å². The first kappa shape index (κ1) is 29.2. The minimum atomic E-state index is -4.19. The van der Waals surface area contributed by atoms with Gasteiger partial charge in [-0.2, -0.15) is 0 Å². The number of nitrogens with zero attached hydrogens (tertiary/aromatic N) is 2. The van der Waals surface area contributed by atoms with Crippen molar-refractivity contribution in [3.63, 3.8) is 0 Å². The van der Waals surface area contributed by atoms with Gasteiger partial charge in [-0.3, -0.25) is 13.9 Å². The van der Waals surface area contributed by atoms with Crippen molar-refractivity contribution >= 4 is 39.1 Å². The zero-order valence-electron chi connectivity index (χ0n) is 22.4. The molecule has 212 valence electrons. The molecular formula is C29H32ClN3O6S. The molecule has 3 aromatic carbocycles. The molecule has 0 aliphatic carbocycles. The minimum absolute atomic E-state index is 0.0135. The number of benzene rings is 3. The molecule has 0 saturated heterocycles. The minimum Gasteiger partial charge on any atom is -0.486 e. The number of carbonyl (C=O) groups excluding carboxylic acids is 2. The Labute approximate surface area is 239 Å². The van der Waals surface area contributed by atoms with Gasteiger partial charge < -0.3 is 19.7 Å². The second kappa shape index (κ2) is 13.1. The molecule has 0 fully saturated rings. The lowest BCUT2D eigenvalue weighted by Gasteiger charge is -2.32. The number of anilines is 1. The second-order valence-corrected chi connectivity index (χ2v) is 11.5. The Bertz CT molecular complexity index is 1450. The van der Waals surface area contributed by atoms with E-state index in [1.54, 1.807) is 61.5 Å². The summed E-state index contributed by atoms with van der Waals surface area (Å²) in [6.07, 6.45) is 0.726. The first-order chi connectivity index (χ1) is 19.2. The van der Waals surface area contributed by atoms with Gasteiger partial charge in [0, 0.05) is 24.2 Å². The number of amides is 2. The quantitative estimate of drug-likeness (QED) is 0.361. The van der Waals surface area contributed by atoms with Crippen LogP contribution in [0.15, 0.2) is 77.7 Å². The average Bonchev–Trinajstić information content (AvgIpc) is 2.97. The van der Waals surface area contributed by atoms with E-state index in [1.807, 2.05) is 6.92 Å². The SMILES string of the molecule is CCCNC(=O)C(C)N(Cc1ccccc1Cl)C(=O)CN(c1ccc2c(c1)OCCO2)S(=O)(=O)c1ccccc1. The van der Waals surface area contributed by atoms with Crippen LogP contribution in [0.2, 0.25) is 5.02 Å². The molecule has 40 heavy (non-hydrogen) atoms. The Hall–Kier alpha value is -3.76. The highest BCUT2D eigenvalue weighted by atomic mass is 35.5. The molecule has 0 spiro atoms. The summed E-state index contributed by atoms with van der Waals surface area (Å²) in [6.45, 7) is 4.13. The maximum absolute atomic E-state index is 14.0. The molecule has 9 nitrogen and oxygen atoms in total. The van der Waals surface area contributed by atoms with E-state index in [0.29, 0.717) is 41.8 Å². The molecule has 0 radical (unpaired) electrons. The van der Waals surface area contributed by atoms with E-state index >= 15 is 0 Å². The van der Waals surface area contributed by atoms with Gasteiger partial charge in [-0.15, -0.1) is 0 Å². The van der Waals surface area contributed by atoms with Gasteiger partial charge in [-0.05, 0) is 49.2 Å². The monoisotopic (exact) mass is 585 g/mol. The van der Waals surface area contributed by atoms with Crippen molar-refractivity contribution in [1.82, 2.24) is 10.2 Å². The van der Waals surface area contributed by atoms with Crippen molar-refractivity contribution in [2.24, 2.45) is 0 Å². The predicted octanol–water partition coefficient (Wildman–Crippen LogP) is 4.25. The molecule has 1 N–H and O–H groups in total. The third-order valence-corrected chi connectivity index (χ3v) is 8.60. The number of halogens is 1. The topological polar surface area (TPSA) is 105 Å². The van der Waals surface area contributed by atoms with Crippen LogP contribution in [-0.4, -0.2) is 57.5 Å². The van der Waals surface area contributed by atoms with E-state index in [1.165, 1.54) is 23.1 Å². The highest BCUT2D eigenvalue weighted by Gasteiger charge is 2.33. The van der Waals surface area contributed by atoms with Gasteiger partial charge in [-0.25, -0.2) is 8.42 Å². The number of hydrogen-bond donors (Lipinski definition) is 1. The largest absolute Gasteiger partial charge is 0.486 e. The highest BCUT2D eigenvalue weighted by Crippen LogP contribution is 2.36. The maximum atomic E-state index is 14.0. The summed E-state index contributed by atoms with van der Waals surface area (Å²) in [6, 6.07) is 18.7. The molecule has 3 aromatic rings. The normalized spacial score (nSPS) is 13.3. The molecule has 1 unspecified atom stereocenters. The summed E-state index contributed by atoms with van der Waals surface area (Å²) in [5.41, 5.74) is 0.853. The van der Waals surface area contributed by atoms with Gasteiger partial charge >= 0.3 is 0 Å². The molecule has 2 amide bonds. The number of ether oxygens (including phenoxy) is 2. The van der Waals surface area contributed by atoms with Crippen molar-refractivity contribution in [3.8, 4) is 11.5 Å². The standard InChI is InChI=1S/C29H32ClN3O6S/c1-3-15-31-29(35)21(2)32(19-22-9-7-8-12-25(22)30)28(34)20-33(40(36,37)24-10-5-4-6-11-24)23-13-14-26-27(18-23)39-17-16-38-26/h4-14,18,21H,3,15-17,19-20H2,1-2H3,(H,31,35). The van der Waals surface area contributed by atoms with Crippen molar-refractivity contribution < 1.29 is 27.5 Å². The fourth-order valence-electron chi connectivity index (χ4n) is 4.22. The Morgan fingerprint density at radius 2 is 1.65 bits per heavy atom. The van der Waals surface area contributed by atoms with Crippen LogP contribution < -0.4 is 19.1 Å². The summed E-state index contributed by atoms with van der Waals surface area (Å²) < 4.78 is 40.1. The van der Waals surface area contributed by atoms with E-state index in [2.05, 4.69) is 5.32 Å². The van der Waals surface area contributed by atoms with Crippen molar-refractivity contribution in [1.29, 1.82) is 0 Å². The Kier molecular flexibility index (Phi) is 9.54. The van der Waals surface area contributed by atoms with Gasteiger partial charge in [-0.1, -0.05) is 54.9 Å². The predicted molar refractivity (Wildman–Crippen MR) is 153 cm³/mol. The van der Waals surface area contributed by atoms with E-state index in [9.17, 15) is 18.0 Å². The van der Waals surface area contributed by atoms with Gasteiger partial charge in [0.25, 0.3) is 10.0 Å². The van der Waals surface area contributed by atoms with Gasteiger partial charge in [0.05, 0.1) is 10.6 Å². The lowest BCUT2D eigenvalue weighted by atomic mass is 10.1. The lowest BCUT2D eigenvalue weighted by molar-refractivity contribution is -0.139. The van der Waals surface area contributed by atoms with E-state index in [4.69, 9.17) is 21.1 Å². The maximum Gasteiger partial charge on any atom is 0.264 e. The third kappa shape index (κ3) is 6.68. The molecule has 1 atom stereocenters. The molecule has 0 bridgehead atoms. The fourth-order valence-corrected chi connectivity index (χ4v) is 5.85. The molecule has 0 saturated carbocycles. The van der Waals surface area contributed by atoms with Crippen LogP contribution in [0.25, 0.3) is 0 Å². The first-order valence-electron chi connectivity index (χ1n) is 13.0. The molecule has 1 aliphatic rings. The highest BCUT2D eigenvalue weighted by molar-refractivity contribution is 7.92. The zero-order valence-corrected chi connectivity index (χ0v) is 24.0. The summed E-state index contributed by atoms with van der Waals surface area (Å²) in [5, 5.41) is 3.25.